The number of H-pyrrole nitrogens is 1. The Bertz CT molecular complexity index is 768. The summed E-state index contributed by atoms with van der Waals surface area (Å²) in [5.74, 6) is 0.700. The molecule has 0 aliphatic carbocycles. The van der Waals surface area contributed by atoms with Crippen molar-refractivity contribution in [1.29, 1.82) is 0 Å². The van der Waals surface area contributed by atoms with E-state index in [0.717, 1.165) is 41.2 Å². The Hall–Kier alpha value is -2.34. The molecule has 0 spiro atoms. The molecule has 2 aliphatic rings. The Morgan fingerprint density at radius 1 is 1.43 bits per heavy atom. The maximum atomic E-state index is 13.1. The molecule has 0 fully saturated rings. The molecule has 6 heteroatoms. The van der Waals surface area contributed by atoms with E-state index in [-0.39, 0.29) is 12.0 Å². The topological polar surface area (TPSA) is 70.2 Å². The molecule has 2 N–H and O–H groups in total. The van der Waals surface area contributed by atoms with Gasteiger partial charge in [-0.15, -0.1) is 0 Å². The highest BCUT2D eigenvalue weighted by Crippen LogP contribution is 2.35. The standard InChI is InChI=1S/C17H20N4O2/c1-10-3-4-14-15(7-10)23-11(2)9-21(14)17(22)16-12-8-18-6-5-13(12)19-20-16/h3-4,7,11,18H,5-6,8-9H2,1-2H3,(H,19,20). The summed E-state index contributed by atoms with van der Waals surface area (Å²) in [5.41, 5.74) is 4.52. The average Bonchev–Trinajstić information content (AvgIpc) is 2.97. The van der Waals surface area contributed by atoms with Crippen LogP contribution in [0.25, 0.3) is 0 Å². The van der Waals surface area contributed by atoms with Crippen molar-refractivity contribution in [3.8, 4) is 5.75 Å². The van der Waals surface area contributed by atoms with Crippen molar-refractivity contribution in [3.05, 3.63) is 40.7 Å². The van der Waals surface area contributed by atoms with Crippen molar-refractivity contribution in [2.24, 2.45) is 0 Å². The minimum Gasteiger partial charge on any atom is -0.487 e. The molecule has 23 heavy (non-hydrogen) atoms. The van der Waals surface area contributed by atoms with Gasteiger partial charge in [0.05, 0.1) is 12.2 Å². The fourth-order valence-electron chi connectivity index (χ4n) is 3.27. The van der Waals surface area contributed by atoms with Crippen LogP contribution in [0.4, 0.5) is 5.69 Å². The lowest BCUT2D eigenvalue weighted by Gasteiger charge is -2.33. The van der Waals surface area contributed by atoms with Gasteiger partial charge in [-0.05, 0) is 31.5 Å². The number of fused-ring (bicyclic) bond motifs is 2. The van der Waals surface area contributed by atoms with Crippen LogP contribution in [0, 0.1) is 6.92 Å². The third-order valence-corrected chi connectivity index (χ3v) is 4.43. The van der Waals surface area contributed by atoms with Gasteiger partial charge in [0.15, 0.2) is 5.69 Å². The number of nitrogens with zero attached hydrogens (tertiary/aromatic N) is 2. The molecule has 2 aliphatic heterocycles. The quantitative estimate of drug-likeness (QED) is 0.842. The molecule has 0 bridgehead atoms. The SMILES string of the molecule is Cc1ccc2c(c1)OC(C)CN2C(=O)c1n[nH]c2c1CNCC2. The van der Waals surface area contributed by atoms with Gasteiger partial charge in [-0.1, -0.05) is 6.07 Å². The van der Waals surface area contributed by atoms with Gasteiger partial charge in [0, 0.05) is 30.8 Å². The number of carbonyl (C=O) groups excluding carboxylic acids is 1. The van der Waals surface area contributed by atoms with E-state index in [1.807, 2.05) is 32.0 Å². The number of hydrogen-bond donors (Lipinski definition) is 2. The van der Waals surface area contributed by atoms with E-state index in [2.05, 4.69) is 15.5 Å². The number of ether oxygens (including phenoxy) is 1. The number of rotatable bonds is 1. The van der Waals surface area contributed by atoms with Crippen LogP contribution in [-0.4, -0.2) is 35.3 Å². The van der Waals surface area contributed by atoms with Gasteiger partial charge in [0.1, 0.15) is 11.9 Å². The lowest BCUT2D eigenvalue weighted by atomic mass is 10.1. The highest BCUT2D eigenvalue weighted by Gasteiger charge is 2.32. The maximum Gasteiger partial charge on any atom is 0.279 e. The van der Waals surface area contributed by atoms with E-state index < -0.39 is 0 Å². The molecule has 1 atom stereocenters. The number of hydrogen-bond acceptors (Lipinski definition) is 4. The third-order valence-electron chi connectivity index (χ3n) is 4.43. The van der Waals surface area contributed by atoms with Crippen molar-refractivity contribution in [3.63, 3.8) is 0 Å². The molecule has 1 amide bonds. The van der Waals surface area contributed by atoms with Crippen molar-refractivity contribution in [2.45, 2.75) is 32.9 Å². The monoisotopic (exact) mass is 312 g/mol. The van der Waals surface area contributed by atoms with Gasteiger partial charge in [0.25, 0.3) is 5.91 Å². The smallest absolute Gasteiger partial charge is 0.279 e. The van der Waals surface area contributed by atoms with Gasteiger partial charge in [0.2, 0.25) is 0 Å². The fraction of sp³-hybridized carbons (Fsp3) is 0.412. The molecular weight excluding hydrogens is 292 g/mol. The van der Waals surface area contributed by atoms with Crippen LogP contribution >= 0.6 is 0 Å². The highest BCUT2D eigenvalue weighted by molar-refractivity contribution is 6.07. The molecule has 3 heterocycles. The lowest BCUT2D eigenvalue weighted by molar-refractivity contribution is 0.0955. The van der Waals surface area contributed by atoms with Crippen molar-refractivity contribution >= 4 is 11.6 Å². The molecule has 1 aromatic heterocycles. The predicted octanol–water partition coefficient (Wildman–Crippen LogP) is 1.79. The maximum absolute atomic E-state index is 13.1. The second-order valence-electron chi connectivity index (χ2n) is 6.27. The summed E-state index contributed by atoms with van der Waals surface area (Å²) in [5, 5.41) is 10.6. The molecule has 0 saturated carbocycles. The first kappa shape index (κ1) is 14.3. The molecule has 1 aromatic carbocycles. The Balaban J connectivity index is 1.73. The minimum atomic E-state index is -0.0635. The van der Waals surface area contributed by atoms with Crippen LogP contribution in [0.15, 0.2) is 18.2 Å². The normalized spacial score (nSPS) is 19.7. The number of amides is 1. The summed E-state index contributed by atoms with van der Waals surface area (Å²) in [6.07, 6.45) is 0.839. The zero-order valence-corrected chi connectivity index (χ0v) is 13.3. The molecule has 0 saturated heterocycles. The first-order valence-corrected chi connectivity index (χ1v) is 7.99. The molecule has 4 rings (SSSR count). The van der Waals surface area contributed by atoms with Gasteiger partial charge in [-0.2, -0.15) is 5.10 Å². The summed E-state index contributed by atoms with van der Waals surface area (Å²) in [6.45, 7) is 6.13. The number of aryl methyl sites for hydroxylation is 1. The van der Waals surface area contributed by atoms with E-state index in [1.165, 1.54) is 0 Å². The molecule has 2 aromatic rings. The number of aromatic amines is 1. The van der Waals surface area contributed by atoms with Crippen LogP contribution < -0.4 is 15.0 Å². The van der Waals surface area contributed by atoms with Crippen LogP contribution in [0.3, 0.4) is 0 Å². The average molecular weight is 312 g/mol. The first-order valence-electron chi connectivity index (χ1n) is 7.99. The molecule has 120 valence electrons. The van der Waals surface area contributed by atoms with Gasteiger partial charge < -0.3 is 10.1 Å². The number of benzene rings is 1. The zero-order valence-electron chi connectivity index (χ0n) is 13.3. The fourth-order valence-corrected chi connectivity index (χ4v) is 3.27. The Kier molecular flexibility index (Phi) is 3.34. The predicted molar refractivity (Wildman–Crippen MR) is 86.9 cm³/mol. The first-order chi connectivity index (χ1) is 11.1. The molecular formula is C17H20N4O2. The molecule has 6 nitrogen and oxygen atoms in total. The number of nitrogens with one attached hydrogen (secondary N) is 2. The van der Waals surface area contributed by atoms with Crippen LogP contribution in [0.2, 0.25) is 0 Å². The zero-order chi connectivity index (χ0) is 16.0. The van der Waals surface area contributed by atoms with Crippen molar-refractivity contribution in [1.82, 2.24) is 15.5 Å². The highest BCUT2D eigenvalue weighted by atomic mass is 16.5. The van der Waals surface area contributed by atoms with E-state index in [0.29, 0.717) is 18.8 Å². The summed E-state index contributed by atoms with van der Waals surface area (Å²) in [7, 11) is 0. The van der Waals surface area contributed by atoms with Gasteiger partial charge >= 0.3 is 0 Å². The second-order valence-corrected chi connectivity index (χ2v) is 6.27. The van der Waals surface area contributed by atoms with E-state index >= 15 is 0 Å². The molecule has 0 radical (unpaired) electrons. The second kappa shape index (κ2) is 5.38. The van der Waals surface area contributed by atoms with Gasteiger partial charge in [-0.3, -0.25) is 14.8 Å². The largest absolute Gasteiger partial charge is 0.487 e. The summed E-state index contributed by atoms with van der Waals surface area (Å²) in [6, 6.07) is 5.93. The van der Waals surface area contributed by atoms with Crippen LogP contribution in [0.5, 0.6) is 5.75 Å². The van der Waals surface area contributed by atoms with E-state index in [9.17, 15) is 4.79 Å². The van der Waals surface area contributed by atoms with Crippen molar-refractivity contribution < 1.29 is 9.53 Å². The lowest BCUT2D eigenvalue weighted by Crippen LogP contribution is -2.43. The number of aromatic nitrogens is 2. The number of anilines is 1. The summed E-state index contributed by atoms with van der Waals surface area (Å²) >= 11 is 0. The van der Waals surface area contributed by atoms with Crippen LogP contribution in [-0.2, 0) is 13.0 Å². The third kappa shape index (κ3) is 2.39. The minimum absolute atomic E-state index is 0.0406. The Labute approximate surface area is 134 Å². The van der Waals surface area contributed by atoms with E-state index in [4.69, 9.17) is 4.74 Å². The molecule has 1 unspecified atom stereocenters. The van der Waals surface area contributed by atoms with Crippen molar-refractivity contribution in [2.75, 3.05) is 18.0 Å². The Morgan fingerprint density at radius 2 is 2.30 bits per heavy atom. The van der Waals surface area contributed by atoms with E-state index in [1.54, 1.807) is 4.90 Å². The van der Waals surface area contributed by atoms with Crippen LogP contribution in [0.1, 0.15) is 34.2 Å². The number of carbonyl (C=O) groups is 1. The van der Waals surface area contributed by atoms with Gasteiger partial charge in [-0.25, -0.2) is 0 Å². The Morgan fingerprint density at radius 3 is 3.17 bits per heavy atom. The summed E-state index contributed by atoms with van der Waals surface area (Å²) in [4.78, 5) is 14.9. The summed E-state index contributed by atoms with van der Waals surface area (Å²) < 4.78 is 5.89.